The lowest BCUT2D eigenvalue weighted by atomic mass is 9.99. The third kappa shape index (κ3) is 4.18. The summed E-state index contributed by atoms with van der Waals surface area (Å²) in [5.74, 6) is 0.233. The van der Waals surface area contributed by atoms with Gasteiger partial charge in [-0.2, -0.15) is 0 Å². The Bertz CT molecular complexity index is 969. The first-order valence-corrected chi connectivity index (χ1v) is 10.0. The van der Waals surface area contributed by atoms with Crippen molar-refractivity contribution in [1.82, 2.24) is 9.88 Å². The molecule has 0 aliphatic carbocycles. The fraction of sp³-hybridized carbons (Fsp3) is 0.300. The Labute approximate surface area is 166 Å². The van der Waals surface area contributed by atoms with Crippen molar-refractivity contribution in [2.24, 2.45) is 0 Å². The van der Waals surface area contributed by atoms with Crippen LogP contribution in [0, 0.1) is 10.1 Å². The number of para-hydroxylation sites is 1. The zero-order chi connectivity index (χ0) is 19.5. The molecular weight excluding hydrogens is 376 g/mol. The number of piperidine rings is 1. The zero-order valence-electron chi connectivity index (χ0n) is 15.2. The molecule has 1 amide bonds. The maximum atomic E-state index is 12.4. The summed E-state index contributed by atoms with van der Waals surface area (Å²) in [7, 11) is 0. The van der Waals surface area contributed by atoms with E-state index in [-0.39, 0.29) is 11.6 Å². The Morgan fingerprint density at radius 2 is 2.04 bits per heavy atom. The lowest BCUT2D eigenvalue weighted by Gasteiger charge is -2.31. The number of amides is 1. The van der Waals surface area contributed by atoms with Crippen molar-refractivity contribution in [1.29, 1.82) is 0 Å². The number of nitrogens with zero attached hydrogens (tertiary/aromatic N) is 3. The van der Waals surface area contributed by atoms with Crippen molar-refractivity contribution < 1.29 is 9.72 Å². The number of thiazole rings is 1. The van der Waals surface area contributed by atoms with Gasteiger partial charge in [0.25, 0.3) is 5.69 Å². The number of carbonyl (C=O) groups is 1. The van der Waals surface area contributed by atoms with Crippen molar-refractivity contribution in [3.05, 3.63) is 63.7 Å². The topological polar surface area (TPSA) is 88.4 Å². The van der Waals surface area contributed by atoms with Gasteiger partial charge in [0.2, 0.25) is 5.91 Å². The van der Waals surface area contributed by atoms with Gasteiger partial charge in [0.05, 0.1) is 26.7 Å². The Kier molecular flexibility index (Phi) is 5.31. The highest BCUT2D eigenvalue weighted by molar-refractivity contribution is 7.18. The predicted octanol–water partition coefficient (Wildman–Crippen LogP) is 4.02. The van der Waals surface area contributed by atoms with Crippen LogP contribution in [0.15, 0.2) is 48.5 Å². The molecule has 1 saturated heterocycles. The van der Waals surface area contributed by atoms with E-state index < -0.39 is 4.92 Å². The standard InChI is InChI=1S/C20H20N4O3S/c25-19(21-15-7-9-16(10-8-15)24(26)27)13-23-11-3-4-14(12-23)20-22-17-5-1-2-6-18(17)28-20/h1-2,5-10,14H,3-4,11-13H2,(H,21,25)/t14-/m1/s1. The van der Waals surface area contributed by atoms with Crippen molar-refractivity contribution in [2.75, 3.05) is 25.0 Å². The van der Waals surface area contributed by atoms with E-state index in [1.165, 1.54) is 16.8 Å². The highest BCUT2D eigenvalue weighted by atomic mass is 32.1. The normalized spacial score (nSPS) is 17.5. The molecule has 7 nitrogen and oxygen atoms in total. The molecule has 1 aliphatic rings. The number of benzene rings is 2. The van der Waals surface area contributed by atoms with E-state index in [1.807, 2.05) is 18.2 Å². The number of fused-ring (bicyclic) bond motifs is 1. The third-order valence-corrected chi connectivity index (χ3v) is 6.09. The van der Waals surface area contributed by atoms with Crippen molar-refractivity contribution in [2.45, 2.75) is 18.8 Å². The molecule has 1 N–H and O–H groups in total. The number of likely N-dealkylation sites (tertiary alicyclic amines) is 1. The largest absolute Gasteiger partial charge is 0.325 e. The quantitative estimate of drug-likeness (QED) is 0.520. The summed E-state index contributed by atoms with van der Waals surface area (Å²) in [5.41, 5.74) is 1.61. The van der Waals surface area contributed by atoms with Gasteiger partial charge in [-0.3, -0.25) is 19.8 Å². The van der Waals surface area contributed by atoms with Gasteiger partial charge >= 0.3 is 0 Å². The van der Waals surface area contributed by atoms with Gasteiger partial charge in [0.1, 0.15) is 0 Å². The molecule has 1 aromatic heterocycles. The van der Waals surface area contributed by atoms with E-state index in [4.69, 9.17) is 4.98 Å². The number of nitro groups is 1. The van der Waals surface area contributed by atoms with Crippen LogP contribution in [0.4, 0.5) is 11.4 Å². The number of nitrogens with one attached hydrogen (secondary N) is 1. The average Bonchev–Trinajstić information content (AvgIpc) is 3.13. The van der Waals surface area contributed by atoms with Gasteiger partial charge in [0, 0.05) is 30.3 Å². The molecule has 0 bridgehead atoms. The zero-order valence-corrected chi connectivity index (χ0v) is 16.0. The van der Waals surface area contributed by atoms with Gasteiger partial charge in [-0.25, -0.2) is 4.98 Å². The Morgan fingerprint density at radius 3 is 2.79 bits per heavy atom. The second-order valence-electron chi connectivity index (χ2n) is 6.95. The number of non-ortho nitro benzene ring substituents is 1. The second kappa shape index (κ2) is 8.04. The van der Waals surface area contributed by atoms with E-state index in [1.54, 1.807) is 23.5 Å². The monoisotopic (exact) mass is 396 g/mol. The Balaban J connectivity index is 1.36. The second-order valence-corrected chi connectivity index (χ2v) is 8.01. The molecule has 3 aromatic rings. The summed E-state index contributed by atoms with van der Waals surface area (Å²) in [6, 6.07) is 14.0. The average molecular weight is 396 g/mol. The molecule has 0 saturated carbocycles. The Morgan fingerprint density at radius 1 is 1.25 bits per heavy atom. The smallest absolute Gasteiger partial charge is 0.269 e. The molecule has 1 fully saturated rings. The Hall–Kier alpha value is -2.84. The summed E-state index contributed by atoms with van der Waals surface area (Å²) >= 11 is 1.74. The molecule has 144 valence electrons. The molecule has 0 spiro atoms. The lowest BCUT2D eigenvalue weighted by Crippen LogP contribution is -2.39. The van der Waals surface area contributed by atoms with E-state index in [2.05, 4.69) is 16.3 Å². The molecule has 0 unspecified atom stereocenters. The van der Waals surface area contributed by atoms with E-state index in [9.17, 15) is 14.9 Å². The molecule has 0 radical (unpaired) electrons. The minimum atomic E-state index is -0.457. The molecule has 28 heavy (non-hydrogen) atoms. The van der Waals surface area contributed by atoms with E-state index >= 15 is 0 Å². The van der Waals surface area contributed by atoms with Crippen LogP contribution in [0.5, 0.6) is 0 Å². The van der Waals surface area contributed by atoms with Gasteiger partial charge < -0.3 is 5.32 Å². The molecule has 1 atom stereocenters. The van der Waals surface area contributed by atoms with Crippen LogP contribution in [0.1, 0.15) is 23.8 Å². The molecule has 1 aliphatic heterocycles. The third-order valence-electron chi connectivity index (χ3n) is 4.89. The van der Waals surface area contributed by atoms with Crippen molar-refractivity contribution in [3.63, 3.8) is 0 Å². The van der Waals surface area contributed by atoms with Gasteiger partial charge in [-0.1, -0.05) is 12.1 Å². The number of hydrogen-bond donors (Lipinski definition) is 1. The molecule has 2 aromatic carbocycles. The summed E-state index contributed by atoms with van der Waals surface area (Å²) < 4.78 is 1.20. The lowest BCUT2D eigenvalue weighted by molar-refractivity contribution is -0.384. The summed E-state index contributed by atoms with van der Waals surface area (Å²) in [6.45, 7) is 2.00. The minimum Gasteiger partial charge on any atom is -0.325 e. The number of hydrogen-bond acceptors (Lipinski definition) is 6. The number of aromatic nitrogens is 1. The summed E-state index contributed by atoms with van der Waals surface area (Å²) in [6.07, 6.45) is 2.12. The summed E-state index contributed by atoms with van der Waals surface area (Å²) in [5, 5.41) is 14.7. The van der Waals surface area contributed by atoms with E-state index in [0.717, 1.165) is 36.5 Å². The van der Waals surface area contributed by atoms with Crippen LogP contribution in [0.3, 0.4) is 0 Å². The first kappa shape index (κ1) is 18.5. The maximum Gasteiger partial charge on any atom is 0.269 e. The molecule has 2 heterocycles. The molecule has 4 rings (SSSR count). The fourth-order valence-corrected chi connectivity index (χ4v) is 4.63. The van der Waals surface area contributed by atoms with Crippen LogP contribution in [0.25, 0.3) is 10.2 Å². The number of nitro benzene ring substituents is 1. The molecular formula is C20H20N4O3S. The summed E-state index contributed by atoms with van der Waals surface area (Å²) in [4.78, 5) is 29.6. The number of anilines is 1. The van der Waals surface area contributed by atoms with Gasteiger partial charge in [-0.05, 0) is 43.7 Å². The van der Waals surface area contributed by atoms with Crippen LogP contribution in [-0.2, 0) is 4.79 Å². The highest BCUT2D eigenvalue weighted by Crippen LogP contribution is 2.32. The number of carbonyl (C=O) groups excluding carboxylic acids is 1. The van der Waals surface area contributed by atoms with Crippen LogP contribution >= 0.6 is 11.3 Å². The first-order chi connectivity index (χ1) is 13.6. The number of rotatable bonds is 5. The van der Waals surface area contributed by atoms with Crippen LogP contribution < -0.4 is 5.32 Å². The van der Waals surface area contributed by atoms with Gasteiger partial charge in [-0.15, -0.1) is 11.3 Å². The maximum absolute atomic E-state index is 12.4. The SMILES string of the molecule is O=C(CN1CCC[C@@H](c2nc3ccccc3s2)C1)Nc1ccc([N+](=O)[O-])cc1. The fourth-order valence-electron chi connectivity index (χ4n) is 3.54. The molecule has 8 heteroatoms. The van der Waals surface area contributed by atoms with Crippen molar-refractivity contribution in [3.8, 4) is 0 Å². The highest BCUT2D eigenvalue weighted by Gasteiger charge is 2.25. The van der Waals surface area contributed by atoms with Crippen LogP contribution in [-0.4, -0.2) is 40.3 Å². The van der Waals surface area contributed by atoms with Crippen LogP contribution in [0.2, 0.25) is 0 Å². The van der Waals surface area contributed by atoms with E-state index in [0.29, 0.717) is 18.2 Å². The minimum absolute atomic E-state index is 0.00714. The van der Waals surface area contributed by atoms with Gasteiger partial charge in [0.15, 0.2) is 0 Å². The predicted molar refractivity (Wildman–Crippen MR) is 110 cm³/mol. The first-order valence-electron chi connectivity index (χ1n) is 9.20. The van der Waals surface area contributed by atoms with Crippen molar-refractivity contribution >= 4 is 38.8 Å².